The molecule has 1 atom stereocenters. The molecule has 17 heavy (non-hydrogen) atoms. The molecular weight excluding hydrogens is 234 g/mol. The number of nitrogens with one attached hydrogen (secondary N) is 1. The summed E-state index contributed by atoms with van der Waals surface area (Å²) in [7, 11) is 0. The fourth-order valence-electron chi connectivity index (χ4n) is 1.46. The van der Waals surface area contributed by atoms with Crippen molar-refractivity contribution in [3.8, 4) is 0 Å². The zero-order valence-corrected chi connectivity index (χ0v) is 11.6. The Morgan fingerprint density at radius 1 is 1.41 bits per heavy atom. The lowest BCUT2D eigenvalue weighted by Gasteiger charge is -2.13. The van der Waals surface area contributed by atoms with Gasteiger partial charge < -0.3 is 14.8 Å². The van der Waals surface area contributed by atoms with Gasteiger partial charge >= 0.3 is 0 Å². The summed E-state index contributed by atoms with van der Waals surface area (Å²) in [5.74, 6) is 0. The summed E-state index contributed by atoms with van der Waals surface area (Å²) < 4.78 is 10.9. The molecule has 3 nitrogen and oxygen atoms in total. The van der Waals surface area contributed by atoms with E-state index in [2.05, 4.69) is 22.1 Å². The molecule has 0 aliphatic rings. The van der Waals surface area contributed by atoms with Gasteiger partial charge in [-0.25, -0.2) is 0 Å². The number of thiophene rings is 1. The summed E-state index contributed by atoms with van der Waals surface area (Å²) in [4.78, 5) is 0. The van der Waals surface area contributed by atoms with Crippen molar-refractivity contribution in [2.24, 2.45) is 0 Å². The van der Waals surface area contributed by atoms with E-state index in [4.69, 9.17) is 9.47 Å². The monoisotopic (exact) mass is 257 g/mol. The average Bonchev–Trinajstić information content (AvgIpc) is 2.84. The minimum Gasteiger partial charge on any atom is -0.379 e. The molecule has 0 aromatic carbocycles. The summed E-state index contributed by atoms with van der Waals surface area (Å²) in [6.45, 7) is 8.15. The average molecular weight is 257 g/mol. The maximum atomic E-state index is 5.60. The van der Waals surface area contributed by atoms with Crippen molar-refractivity contribution >= 4 is 11.3 Å². The van der Waals surface area contributed by atoms with Crippen molar-refractivity contribution in [1.29, 1.82) is 0 Å². The Kier molecular flexibility index (Phi) is 8.26. The Morgan fingerprint density at radius 3 is 3.00 bits per heavy atom. The van der Waals surface area contributed by atoms with Crippen molar-refractivity contribution in [3.63, 3.8) is 0 Å². The highest BCUT2D eigenvalue weighted by Gasteiger charge is 2.00. The number of hydrogen-bond donors (Lipinski definition) is 1. The van der Waals surface area contributed by atoms with E-state index >= 15 is 0 Å². The highest BCUT2D eigenvalue weighted by Crippen LogP contribution is 2.05. The van der Waals surface area contributed by atoms with E-state index in [0.717, 1.165) is 32.7 Å². The second kappa shape index (κ2) is 9.59. The summed E-state index contributed by atoms with van der Waals surface area (Å²) >= 11 is 1.75. The molecular formula is C13H23NO2S. The quantitative estimate of drug-likeness (QED) is 0.653. The van der Waals surface area contributed by atoms with Gasteiger partial charge in [0, 0.05) is 13.2 Å². The van der Waals surface area contributed by atoms with Crippen LogP contribution in [0.4, 0.5) is 0 Å². The molecule has 1 aromatic rings. The van der Waals surface area contributed by atoms with Gasteiger partial charge in [-0.2, -0.15) is 11.3 Å². The van der Waals surface area contributed by atoms with Crippen LogP contribution in [-0.2, 0) is 15.9 Å². The SMILES string of the molecule is CCOCC(C)OCCNCCc1ccsc1. The zero-order chi connectivity index (χ0) is 12.3. The third kappa shape index (κ3) is 7.49. The molecule has 0 aliphatic heterocycles. The normalized spacial score (nSPS) is 12.8. The standard InChI is InChI=1S/C13H23NO2S/c1-3-15-10-12(2)16-8-7-14-6-4-13-5-9-17-11-13/h5,9,11-12,14H,3-4,6-8,10H2,1-2H3. The van der Waals surface area contributed by atoms with E-state index in [-0.39, 0.29) is 6.10 Å². The molecule has 0 saturated heterocycles. The van der Waals surface area contributed by atoms with Crippen LogP contribution in [0, 0.1) is 0 Å². The van der Waals surface area contributed by atoms with Gasteiger partial charge in [-0.1, -0.05) is 0 Å². The fraction of sp³-hybridized carbons (Fsp3) is 0.692. The Labute approximate surface area is 108 Å². The number of ether oxygens (including phenoxy) is 2. The molecule has 0 saturated carbocycles. The first-order chi connectivity index (χ1) is 8.33. The van der Waals surface area contributed by atoms with Crippen LogP contribution in [0.1, 0.15) is 19.4 Å². The topological polar surface area (TPSA) is 30.5 Å². The molecule has 1 heterocycles. The van der Waals surface area contributed by atoms with Crippen LogP contribution in [-0.4, -0.2) is 39.0 Å². The first-order valence-electron chi connectivity index (χ1n) is 6.24. The Hall–Kier alpha value is -0.420. The molecule has 1 N–H and O–H groups in total. The molecule has 1 unspecified atom stereocenters. The molecule has 0 radical (unpaired) electrons. The highest BCUT2D eigenvalue weighted by atomic mass is 32.1. The van der Waals surface area contributed by atoms with E-state index in [1.807, 2.05) is 13.8 Å². The summed E-state index contributed by atoms with van der Waals surface area (Å²) in [5, 5.41) is 7.69. The predicted molar refractivity (Wildman–Crippen MR) is 72.8 cm³/mol. The molecule has 0 spiro atoms. The summed E-state index contributed by atoms with van der Waals surface area (Å²) in [5.41, 5.74) is 1.41. The molecule has 0 bridgehead atoms. The molecule has 98 valence electrons. The minimum atomic E-state index is 0.189. The first kappa shape index (κ1) is 14.6. The van der Waals surface area contributed by atoms with Crippen LogP contribution >= 0.6 is 11.3 Å². The van der Waals surface area contributed by atoms with Crippen LogP contribution in [0.2, 0.25) is 0 Å². The van der Waals surface area contributed by atoms with Crippen LogP contribution in [0.5, 0.6) is 0 Å². The highest BCUT2D eigenvalue weighted by molar-refractivity contribution is 7.07. The summed E-state index contributed by atoms with van der Waals surface area (Å²) in [6.07, 6.45) is 1.28. The van der Waals surface area contributed by atoms with E-state index in [9.17, 15) is 0 Å². The second-order valence-electron chi connectivity index (χ2n) is 3.97. The van der Waals surface area contributed by atoms with E-state index in [1.54, 1.807) is 11.3 Å². The molecule has 0 fully saturated rings. The van der Waals surface area contributed by atoms with Crippen LogP contribution in [0.25, 0.3) is 0 Å². The minimum absolute atomic E-state index is 0.189. The lowest BCUT2D eigenvalue weighted by Crippen LogP contribution is -2.25. The lowest BCUT2D eigenvalue weighted by molar-refractivity contribution is -0.00182. The second-order valence-corrected chi connectivity index (χ2v) is 4.75. The third-order valence-corrected chi connectivity index (χ3v) is 3.14. The van der Waals surface area contributed by atoms with Gasteiger partial charge in [-0.15, -0.1) is 0 Å². The van der Waals surface area contributed by atoms with Gasteiger partial charge in [0.05, 0.1) is 19.3 Å². The molecule has 4 heteroatoms. The number of rotatable bonds is 10. The van der Waals surface area contributed by atoms with Gasteiger partial charge in [0.2, 0.25) is 0 Å². The van der Waals surface area contributed by atoms with Crippen molar-refractivity contribution < 1.29 is 9.47 Å². The molecule has 0 aliphatic carbocycles. The smallest absolute Gasteiger partial charge is 0.0781 e. The largest absolute Gasteiger partial charge is 0.379 e. The fourth-order valence-corrected chi connectivity index (χ4v) is 2.16. The van der Waals surface area contributed by atoms with Gasteiger partial charge in [-0.05, 0) is 49.2 Å². The third-order valence-electron chi connectivity index (χ3n) is 2.41. The van der Waals surface area contributed by atoms with E-state index < -0.39 is 0 Å². The van der Waals surface area contributed by atoms with E-state index in [1.165, 1.54) is 5.56 Å². The van der Waals surface area contributed by atoms with Gasteiger partial charge in [0.1, 0.15) is 0 Å². The van der Waals surface area contributed by atoms with Crippen molar-refractivity contribution in [3.05, 3.63) is 22.4 Å². The first-order valence-corrected chi connectivity index (χ1v) is 7.18. The van der Waals surface area contributed by atoms with Crippen molar-refractivity contribution in [2.45, 2.75) is 26.4 Å². The predicted octanol–water partition coefficient (Wildman–Crippen LogP) is 2.32. The Bertz CT molecular complexity index is 264. The maximum absolute atomic E-state index is 5.60. The van der Waals surface area contributed by atoms with Gasteiger partial charge in [-0.3, -0.25) is 0 Å². The van der Waals surface area contributed by atoms with Crippen LogP contribution in [0.15, 0.2) is 16.8 Å². The molecule has 1 aromatic heterocycles. The maximum Gasteiger partial charge on any atom is 0.0781 e. The lowest BCUT2D eigenvalue weighted by atomic mass is 10.2. The summed E-state index contributed by atoms with van der Waals surface area (Å²) in [6, 6.07) is 2.17. The van der Waals surface area contributed by atoms with Crippen LogP contribution in [0.3, 0.4) is 0 Å². The van der Waals surface area contributed by atoms with Crippen molar-refractivity contribution in [1.82, 2.24) is 5.32 Å². The van der Waals surface area contributed by atoms with Gasteiger partial charge in [0.15, 0.2) is 0 Å². The van der Waals surface area contributed by atoms with E-state index in [0.29, 0.717) is 6.61 Å². The zero-order valence-electron chi connectivity index (χ0n) is 10.8. The number of hydrogen-bond acceptors (Lipinski definition) is 4. The van der Waals surface area contributed by atoms with Gasteiger partial charge in [0.25, 0.3) is 0 Å². The Morgan fingerprint density at radius 2 is 2.29 bits per heavy atom. The van der Waals surface area contributed by atoms with Crippen LogP contribution < -0.4 is 5.32 Å². The molecule has 1 rings (SSSR count). The molecule has 0 amide bonds. The Balaban J connectivity index is 1.87. The van der Waals surface area contributed by atoms with Crippen molar-refractivity contribution in [2.75, 3.05) is 32.9 Å².